The number of rotatable bonds is 1. The molecule has 0 saturated heterocycles. The second-order valence-electron chi connectivity index (χ2n) is 1.63. The van der Waals surface area contributed by atoms with Crippen molar-refractivity contribution < 1.29 is 9.90 Å². The largest absolute Gasteiger partial charge is 0.543 e. The summed E-state index contributed by atoms with van der Waals surface area (Å²) in [5.41, 5.74) is -0.0608. The van der Waals surface area contributed by atoms with E-state index in [2.05, 4.69) is 20.9 Å². The molecule has 1 heterocycles. The summed E-state index contributed by atoms with van der Waals surface area (Å²) in [6, 6.07) is 4.61. The van der Waals surface area contributed by atoms with Crippen LogP contribution in [0.3, 0.4) is 0 Å². The van der Waals surface area contributed by atoms with Crippen molar-refractivity contribution in [1.82, 2.24) is 4.98 Å². The van der Waals surface area contributed by atoms with E-state index in [4.69, 9.17) is 0 Å². The third kappa shape index (κ3) is 1.54. The molecule has 0 saturated carbocycles. The van der Waals surface area contributed by atoms with Crippen LogP contribution < -0.4 is 5.11 Å². The van der Waals surface area contributed by atoms with Gasteiger partial charge in [0.1, 0.15) is 4.60 Å². The number of carbonyl (C=O) groups is 1. The van der Waals surface area contributed by atoms with Crippen molar-refractivity contribution in [3.63, 3.8) is 0 Å². The van der Waals surface area contributed by atoms with E-state index in [1.807, 2.05) is 0 Å². The normalized spacial score (nSPS) is 9.30. The van der Waals surface area contributed by atoms with Crippen LogP contribution in [0.15, 0.2) is 22.8 Å². The highest BCUT2D eigenvalue weighted by atomic mass is 79.9. The Morgan fingerprint density at radius 1 is 1.60 bits per heavy atom. The maximum absolute atomic E-state index is 10.2. The van der Waals surface area contributed by atoms with Crippen LogP contribution in [0.4, 0.5) is 0 Å². The van der Waals surface area contributed by atoms with E-state index >= 15 is 0 Å². The molecule has 1 rings (SSSR count). The van der Waals surface area contributed by atoms with Crippen LogP contribution in [0.25, 0.3) is 0 Å². The van der Waals surface area contributed by atoms with Crippen LogP contribution in [0.2, 0.25) is 0 Å². The zero-order chi connectivity index (χ0) is 7.56. The monoisotopic (exact) mass is 200 g/mol. The number of carbonyl (C=O) groups excluding carboxylic acids is 1. The highest BCUT2D eigenvalue weighted by Crippen LogP contribution is 2.04. The van der Waals surface area contributed by atoms with E-state index in [0.29, 0.717) is 4.60 Å². The maximum atomic E-state index is 10.2. The molecule has 0 atom stereocenters. The number of nitrogens with zero attached hydrogens (tertiary/aromatic N) is 1. The average Bonchev–Trinajstić information content (AvgIpc) is 1.88. The lowest BCUT2D eigenvalue weighted by molar-refractivity contribution is -0.255. The van der Waals surface area contributed by atoms with Crippen LogP contribution in [0, 0.1) is 0 Å². The Morgan fingerprint density at radius 3 is 2.70 bits per heavy atom. The predicted octanol–water partition coefficient (Wildman–Crippen LogP) is 0.208. The van der Waals surface area contributed by atoms with Gasteiger partial charge in [0.2, 0.25) is 0 Å². The average molecular weight is 201 g/mol. The molecule has 0 bridgehead atoms. The van der Waals surface area contributed by atoms with Crippen molar-refractivity contribution in [3.05, 3.63) is 28.5 Å². The first-order chi connectivity index (χ1) is 4.70. The lowest BCUT2D eigenvalue weighted by Crippen LogP contribution is -2.23. The summed E-state index contributed by atoms with van der Waals surface area (Å²) in [6.45, 7) is 0. The molecule has 1 aromatic heterocycles. The summed E-state index contributed by atoms with van der Waals surface area (Å²) >= 11 is 3.03. The number of carboxylic acid groups (broad SMARTS) is 1. The van der Waals surface area contributed by atoms with Gasteiger partial charge < -0.3 is 9.90 Å². The maximum Gasteiger partial charge on any atom is 0.106 e. The molecule has 3 nitrogen and oxygen atoms in total. The molecule has 0 spiro atoms. The van der Waals surface area contributed by atoms with E-state index in [-0.39, 0.29) is 5.69 Å². The van der Waals surface area contributed by atoms with Gasteiger partial charge in [0.25, 0.3) is 0 Å². The van der Waals surface area contributed by atoms with Gasteiger partial charge in [-0.25, -0.2) is 4.98 Å². The fraction of sp³-hybridized carbons (Fsp3) is 0. The topological polar surface area (TPSA) is 53.0 Å². The van der Waals surface area contributed by atoms with Crippen molar-refractivity contribution in [1.29, 1.82) is 0 Å². The number of hydrogen-bond acceptors (Lipinski definition) is 3. The highest BCUT2D eigenvalue weighted by Gasteiger charge is 1.93. The number of hydrogen-bond donors (Lipinski definition) is 0. The van der Waals surface area contributed by atoms with E-state index in [9.17, 15) is 9.90 Å². The number of pyridine rings is 1. The Morgan fingerprint density at radius 2 is 2.30 bits per heavy atom. The lowest BCUT2D eigenvalue weighted by atomic mass is 10.4. The fourth-order valence-electron chi connectivity index (χ4n) is 0.522. The van der Waals surface area contributed by atoms with Gasteiger partial charge in [-0.3, -0.25) is 0 Å². The smallest absolute Gasteiger partial charge is 0.106 e. The van der Waals surface area contributed by atoms with Crippen LogP contribution in [-0.2, 0) is 0 Å². The molecule has 0 aliphatic carbocycles. The van der Waals surface area contributed by atoms with E-state index in [0.717, 1.165) is 0 Å². The van der Waals surface area contributed by atoms with Crippen LogP contribution in [-0.4, -0.2) is 11.0 Å². The quantitative estimate of drug-likeness (QED) is 0.610. The zero-order valence-electron chi connectivity index (χ0n) is 4.87. The Hall–Kier alpha value is -0.900. The molecule has 4 heteroatoms. The molecule has 0 radical (unpaired) electrons. The van der Waals surface area contributed by atoms with Gasteiger partial charge in [-0.2, -0.15) is 0 Å². The first kappa shape index (κ1) is 7.21. The third-order valence-corrected chi connectivity index (χ3v) is 1.37. The molecule has 0 unspecified atom stereocenters. The van der Waals surface area contributed by atoms with Crippen LogP contribution in [0.1, 0.15) is 10.5 Å². The Kier molecular flexibility index (Phi) is 2.01. The Labute approximate surface area is 65.8 Å². The van der Waals surface area contributed by atoms with Crippen molar-refractivity contribution in [2.45, 2.75) is 0 Å². The summed E-state index contributed by atoms with van der Waals surface area (Å²) in [7, 11) is 0. The van der Waals surface area contributed by atoms with Crippen molar-refractivity contribution in [2.24, 2.45) is 0 Å². The number of carboxylic acids is 1. The fourth-order valence-corrected chi connectivity index (χ4v) is 0.866. The van der Waals surface area contributed by atoms with Gasteiger partial charge in [-0.05, 0) is 28.1 Å². The van der Waals surface area contributed by atoms with E-state index in [1.165, 1.54) is 6.07 Å². The summed E-state index contributed by atoms with van der Waals surface area (Å²) in [6.07, 6.45) is 0. The minimum Gasteiger partial charge on any atom is -0.543 e. The second-order valence-corrected chi connectivity index (χ2v) is 2.45. The highest BCUT2D eigenvalue weighted by molar-refractivity contribution is 9.10. The van der Waals surface area contributed by atoms with E-state index in [1.54, 1.807) is 12.1 Å². The summed E-state index contributed by atoms with van der Waals surface area (Å²) in [5.74, 6) is -1.26. The molecule has 0 aliphatic rings. The standard InChI is InChI=1S/C6H4BrNO2/c7-5-3-1-2-4(8-5)6(9)10/h1-3H,(H,9,10)/p-1. The van der Waals surface area contributed by atoms with Gasteiger partial charge in [0.05, 0.1) is 11.7 Å². The Bertz CT molecular complexity index is 262. The summed E-state index contributed by atoms with van der Waals surface area (Å²) in [4.78, 5) is 13.8. The van der Waals surface area contributed by atoms with Crippen LogP contribution in [0.5, 0.6) is 0 Å². The molecule has 1 aromatic rings. The molecule has 10 heavy (non-hydrogen) atoms. The van der Waals surface area contributed by atoms with Gasteiger partial charge in [-0.15, -0.1) is 0 Å². The first-order valence-corrected chi connectivity index (χ1v) is 3.33. The number of aromatic carboxylic acids is 1. The van der Waals surface area contributed by atoms with Crippen molar-refractivity contribution >= 4 is 21.9 Å². The molecule has 0 amide bonds. The molecule has 0 N–H and O–H groups in total. The predicted molar refractivity (Wildman–Crippen MR) is 36.3 cm³/mol. The van der Waals surface area contributed by atoms with Gasteiger partial charge in [-0.1, -0.05) is 6.07 Å². The van der Waals surface area contributed by atoms with Gasteiger partial charge >= 0.3 is 0 Å². The SMILES string of the molecule is O=C([O-])c1cccc(Br)n1. The minimum absolute atomic E-state index is 0.0608. The van der Waals surface area contributed by atoms with Crippen LogP contribution >= 0.6 is 15.9 Å². The molecule has 0 aliphatic heterocycles. The van der Waals surface area contributed by atoms with E-state index < -0.39 is 5.97 Å². The first-order valence-electron chi connectivity index (χ1n) is 2.54. The summed E-state index contributed by atoms with van der Waals surface area (Å²) < 4.78 is 0.495. The Balaban J connectivity index is 3.07. The zero-order valence-corrected chi connectivity index (χ0v) is 6.46. The lowest BCUT2D eigenvalue weighted by Gasteiger charge is -1.99. The summed E-state index contributed by atoms with van der Waals surface area (Å²) in [5, 5.41) is 10.2. The second kappa shape index (κ2) is 2.79. The van der Waals surface area contributed by atoms with Crippen molar-refractivity contribution in [2.75, 3.05) is 0 Å². The minimum atomic E-state index is -1.26. The van der Waals surface area contributed by atoms with Crippen molar-refractivity contribution in [3.8, 4) is 0 Å². The molecular formula is C6H3BrNO2-. The number of halogens is 1. The molecule has 0 aromatic carbocycles. The molecular weight excluding hydrogens is 198 g/mol. The molecule has 52 valence electrons. The number of aromatic nitrogens is 1. The van der Waals surface area contributed by atoms with Gasteiger partial charge in [0.15, 0.2) is 0 Å². The molecule has 0 fully saturated rings. The third-order valence-electron chi connectivity index (χ3n) is 0.924. The van der Waals surface area contributed by atoms with Gasteiger partial charge in [0, 0.05) is 0 Å².